The Labute approximate surface area is 341 Å². The average Bonchev–Trinajstić information content (AvgIpc) is 4.08. The van der Waals surface area contributed by atoms with Gasteiger partial charge in [-0.1, -0.05) is 74.5 Å². The van der Waals surface area contributed by atoms with Gasteiger partial charge in [-0.15, -0.1) is 0 Å². The van der Waals surface area contributed by atoms with Gasteiger partial charge in [-0.25, -0.2) is 0 Å². The fourth-order valence-electron chi connectivity index (χ4n) is 7.82. The Morgan fingerprint density at radius 2 is 0.931 bits per heavy atom. The van der Waals surface area contributed by atoms with Crippen LogP contribution in [0.4, 0.5) is 0 Å². The number of aliphatic hydroxyl groups is 1. The summed E-state index contributed by atoms with van der Waals surface area (Å²) in [5.41, 5.74) is 3.11. The molecule has 1 unspecified atom stereocenters. The highest BCUT2D eigenvalue weighted by Gasteiger charge is 2.40. The molecule has 4 aliphatic carbocycles. The third kappa shape index (κ3) is 11.5. The zero-order valence-electron chi connectivity index (χ0n) is 33.6. The van der Waals surface area contributed by atoms with Crippen LogP contribution in [-0.2, 0) is 14.4 Å². The van der Waals surface area contributed by atoms with E-state index in [9.17, 15) is 29.1 Å². The van der Waals surface area contributed by atoms with Crippen molar-refractivity contribution in [2.75, 3.05) is 26.2 Å². The van der Waals surface area contributed by atoms with Crippen molar-refractivity contribution < 1.29 is 29.1 Å². The molecule has 0 heterocycles. The lowest BCUT2D eigenvalue weighted by Gasteiger charge is -2.25. The van der Waals surface area contributed by atoms with Crippen LogP contribution in [-0.4, -0.2) is 101 Å². The van der Waals surface area contributed by atoms with Crippen molar-refractivity contribution in [3.8, 4) is 0 Å². The molecule has 5 amide bonds. The first kappa shape index (κ1) is 41.1. The SMILES string of the molecule is C[C@H]1C[C@@H]1NC(=O)CCN(CCC(=O)N[C@H]1C[C@@H]1C)C(=O)c1ccc(C(=O)N(CCC(=O)N[C@H]2C[C@@H]2c2ccccc2)CCC(O)N[C@H]2C[C@@H]2c2ccccc2)cc1. The van der Waals surface area contributed by atoms with Gasteiger partial charge in [0, 0.05) is 99.0 Å². The molecule has 9 atom stereocenters. The van der Waals surface area contributed by atoms with Crippen molar-refractivity contribution in [2.45, 2.75) is 107 Å². The maximum atomic E-state index is 14.0. The van der Waals surface area contributed by atoms with Crippen LogP contribution in [0.3, 0.4) is 0 Å². The number of aliphatic hydroxyl groups excluding tert-OH is 1. The van der Waals surface area contributed by atoms with Crippen molar-refractivity contribution in [1.29, 1.82) is 0 Å². The number of carbonyl (C=O) groups is 5. The predicted octanol–water partition coefficient (Wildman–Crippen LogP) is 4.32. The summed E-state index contributed by atoms with van der Waals surface area (Å²) in [5.74, 6) is 0.512. The smallest absolute Gasteiger partial charge is 0.253 e. The third-order valence-corrected chi connectivity index (χ3v) is 12.2. The van der Waals surface area contributed by atoms with Crippen LogP contribution in [0.5, 0.6) is 0 Å². The molecule has 308 valence electrons. The summed E-state index contributed by atoms with van der Waals surface area (Å²) < 4.78 is 0. The summed E-state index contributed by atoms with van der Waals surface area (Å²) in [6.07, 6.45) is 3.50. The van der Waals surface area contributed by atoms with Gasteiger partial charge in [0.1, 0.15) is 6.23 Å². The van der Waals surface area contributed by atoms with E-state index in [1.54, 1.807) is 29.2 Å². The lowest BCUT2D eigenvalue weighted by atomic mass is 10.1. The van der Waals surface area contributed by atoms with E-state index in [1.807, 2.05) is 36.4 Å². The van der Waals surface area contributed by atoms with Crippen LogP contribution in [0.1, 0.15) is 109 Å². The van der Waals surface area contributed by atoms with E-state index in [2.05, 4.69) is 59.4 Å². The van der Waals surface area contributed by atoms with E-state index in [4.69, 9.17) is 0 Å². The standard InChI is InChI=1S/C46H58N6O6/c1-29-25-37(29)47-41(53)17-21-51(22-18-42(54)48-38-26-30(38)2)45(57)33-13-15-34(16-14-33)46(58)52(23-19-43(55)49-39-27-35(39)31-9-5-3-6-10-31)24-20-44(56)50-40-28-36(40)32-11-7-4-8-12-32/h3-16,29-30,35-40,43,49,55H,17-28H2,1-2H3,(H,47,53)(H,48,54)(H,50,56)/t29-,30-,35+,36+,37-,38-,39-,40-,43?/m0/s1. The van der Waals surface area contributed by atoms with Crippen molar-refractivity contribution in [3.63, 3.8) is 0 Å². The molecular formula is C46H58N6O6. The van der Waals surface area contributed by atoms with Gasteiger partial charge in [0.2, 0.25) is 17.7 Å². The van der Waals surface area contributed by atoms with E-state index in [-0.39, 0.29) is 111 Å². The average molecular weight is 791 g/mol. The minimum Gasteiger partial charge on any atom is -0.379 e. The van der Waals surface area contributed by atoms with E-state index in [0.29, 0.717) is 28.9 Å². The Morgan fingerprint density at radius 3 is 1.36 bits per heavy atom. The molecule has 3 aromatic rings. The highest BCUT2D eigenvalue weighted by molar-refractivity contribution is 5.98. The minimum absolute atomic E-state index is 0.0679. The highest BCUT2D eigenvalue weighted by Crippen LogP contribution is 2.41. The molecule has 0 aliphatic heterocycles. The van der Waals surface area contributed by atoms with Gasteiger partial charge in [-0.05, 0) is 72.9 Å². The van der Waals surface area contributed by atoms with Gasteiger partial charge in [-0.2, -0.15) is 0 Å². The Morgan fingerprint density at radius 1 is 0.552 bits per heavy atom. The number of benzene rings is 3. The van der Waals surface area contributed by atoms with Crippen LogP contribution in [0, 0.1) is 11.8 Å². The number of hydrogen-bond donors (Lipinski definition) is 5. The normalized spacial score (nSPS) is 25.4. The summed E-state index contributed by atoms with van der Waals surface area (Å²) in [4.78, 5) is 69.4. The Balaban J connectivity index is 0.966. The molecule has 0 aromatic heterocycles. The minimum atomic E-state index is -0.837. The lowest BCUT2D eigenvalue weighted by Crippen LogP contribution is -2.40. The fourth-order valence-corrected chi connectivity index (χ4v) is 7.82. The van der Waals surface area contributed by atoms with Crippen LogP contribution in [0.2, 0.25) is 0 Å². The molecule has 3 aromatic carbocycles. The molecule has 0 bridgehead atoms. The summed E-state index contributed by atoms with van der Waals surface area (Å²) in [6.45, 7) is 4.86. The van der Waals surface area contributed by atoms with Crippen molar-refractivity contribution in [2.24, 2.45) is 11.8 Å². The van der Waals surface area contributed by atoms with E-state index < -0.39 is 6.23 Å². The Bertz CT molecular complexity index is 1880. The van der Waals surface area contributed by atoms with Gasteiger partial charge in [0.25, 0.3) is 11.8 Å². The maximum absolute atomic E-state index is 14.0. The van der Waals surface area contributed by atoms with Crippen molar-refractivity contribution in [3.05, 3.63) is 107 Å². The molecule has 4 fully saturated rings. The number of carbonyl (C=O) groups excluding carboxylic acids is 5. The second kappa shape index (κ2) is 18.7. The van der Waals surface area contributed by atoms with E-state index in [0.717, 1.165) is 25.7 Å². The number of nitrogens with one attached hydrogen (secondary N) is 4. The summed E-state index contributed by atoms with van der Waals surface area (Å²) >= 11 is 0. The number of amides is 5. The molecule has 12 nitrogen and oxygen atoms in total. The topological polar surface area (TPSA) is 160 Å². The van der Waals surface area contributed by atoms with Crippen LogP contribution in [0.15, 0.2) is 84.9 Å². The maximum Gasteiger partial charge on any atom is 0.253 e. The zero-order valence-corrected chi connectivity index (χ0v) is 33.6. The Kier molecular flexibility index (Phi) is 13.2. The second-order valence-corrected chi connectivity index (χ2v) is 16.9. The molecule has 12 heteroatoms. The summed E-state index contributed by atoms with van der Waals surface area (Å²) in [7, 11) is 0. The van der Waals surface area contributed by atoms with Gasteiger partial charge in [0.15, 0.2) is 0 Å². The first-order chi connectivity index (χ1) is 28.0. The van der Waals surface area contributed by atoms with Gasteiger partial charge < -0.3 is 30.9 Å². The van der Waals surface area contributed by atoms with Crippen LogP contribution >= 0.6 is 0 Å². The van der Waals surface area contributed by atoms with Crippen molar-refractivity contribution in [1.82, 2.24) is 31.1 Å². The largest absolute Gasteiger partial charge is 0.379 e. The molecule has 5 N–H and O–H groups in total. The van der Waals surface area contributed by atoms with Crippen molar-refractivity contribution >= 4 is 29.5 Å². The molecule has 7 rings (SSSR count). The Hall–Kier alpha value is -5.07. The molecule has 0 saturated heterocycles. The lowest BCUT2D eigenvalue weighted by molar-refractivity contribution is -0.122. The molecule has 0 radical (unpaired) electrons. The van der Waals surface area contributed by atoms with Gasteiger partial charge in [-0.3, -0.25) is 29.3 Å². The molecule has 4 aliphatic rings. The summed E-state index contributed by atoms with van der Waals surface area (Å²) in [5, 5.41) is 23.4. The van der Waals surface area contributed by atoms with Crippen LogP contribution in [0.25, 0.3) is 0 Å². The third-order valence-electron chi connectivity index (χ3n) is 12.2. The first-order valence-electron chi connectivity index (χ1n) is 21.1. The van der Waals surface area contributed by atoms with E-state index in [1.165, 1.54) is 16.0 Å². The zero-order chi connectivity index (χ0) is 40.8. The molecule has 4 saturated carbocycles. The monoisotopic (exact) mass is 790 g/mol. The first-order valence-corrected chi connectivity index (χ1v) is 21.1. The van der Waals surface area contributed by atoms with Gasteiger partial charge >= 0.3 is 0 Å². The highest BCUT2D eigenvalue weighted by atomic mass is 16.3. The second-order valence-electron chi connectivity index (χ2n) is 16.9. The van der Waals surface area contributed by atoms with Gasteiger partial charge in [0.05, 0.1) is 0 Å². The number of hydrogen-bond acceptors (Lipinski definition) is 7. The summed E-state index contributed by atoms with van der Waals surface area (Å²) in [6, 6.07) is 27.3. The molecular weight excluding hydrogens is 733 g/mol. The predicted molar refractivity (Wildman–Crippen MR) is 221 cm³/mol. The fraction of sp³-hybridized carbons (Fsp3) is 0.500. The molecule has 58 heavy (non-hydrogen) atoms. The van der Waals surface area contributed by atoms with Crippen LogP contribution < -0.4 is 21.3 Å². The number of nitrogens with zero attached hydrogens (tertiary/aromatic N) is 2. The molecule has 0 spiro atoms. The number of rotatable bonds is 21. The van der Waals surface area contributed by atoms with E-state index >= 15 is 0 Å². The quantitative estimate of drug-likeness (QED) is 0.101.